The zero-order valence-corrected chi connectivity index (χ0v) is 8.42. The Labute approximate surface area is 76.1 Å². The van der Waals surface area contributed by atoms with E-state index in [1.807, 2.05) is 0 Å². The molecular formula is C10H22N2. The number of nitrogens with zero attached hydrogens (tertiary/aromatic N) is 1. The summed E-state index contributed by atoms with van der Waals surface area (Å²) in [5.41, 5.74) is 5.54. The minimum Gasteiger partial charge on any atom is -0.330 e. The Morgan fingerprint density at radius 3 is 2.50 bits per heavy atom. The second kappa shape index (κ2) is 4.83. The Hall–Kier alpha value is -0.0800. The molecule has 12 heavy (non-hydrogen) atoms. The number of piperidine rings is 1. The van der Waals surface area contributed by atoms with Crippen molar-refractivity contribution < 1.29 is 0 Å². The minimum absolute atomic E-state index is 0.697. The van der Waals surface area contributed by atoms with Crippen LogP contribution in [0.3, 0.4) is 0 Å². The van der Waals surface area contributed by atoms with Crippen molar-refractivity contribution in [3.8, 4) is 0 Å². The molecule has 0 radical (unpaired) electrons. The molecule has 0 saturated carbocycles. The van der Waals surface area contributed by atoms with Crippen molar-refractivity contribution in [2.24, 2.45) is 11.7 Å². The molecule has 1 aliphatic rings. The van der Waals surface area contributed by atoms with Gasteiger partial charge in [0.1, 0.15) is 0 Å². The largest absolute Gasteiger partial charge is 0.330 e. The van der Waals surface area contributed by atoms with Gasteiger partial charge >= 0.3 is 0 Å². The molecule has 2 heteroatoms. The average Bonchev–Trinajstić information content (AvgIpc) is 2.06. The zero-order chi connectivity index (χ0) is 8.97. The van der Waals surface area contributed by atoms with Crippen LogP contribution in [0.5, 0.6) is 0 Å². The molecule has 0 bridgehead atoms. The topological polar surface area (TPSA) is 29.3 Å². The summed E-state index contributed by atoms with van der Waals surface area (Å²) in [4.78, 5) is 2.58. The van der Waals surface area contributed by atoms with Crippen molar-refractivity contribution in [2.45, 2.75) is 39.2 Å². The van der Waals surface area contributed by atoms with E-state index in [-0.39, 0.29) is 0 Å². The minimum atomic E-state index is 0.697. The summed E-state index contributed by atoms with van der Waals surface area (Å²) < 4.78 is 0. The van der Waals surface area contributed by atoms with Gasteiger partial charge in [-0.1, -0.05) is 6.92 Å². The predicted molar refractivity (Wildman–Crippen MR) is 53.1 cm³/mol. The Balaban J connectivity index is 2.24. The molecule has 1 rings (SSSR count). The Morgan fingerprint density at radius 2 is 2.00 bits per heavy atom. The lowest BCUT2D eigenvalue weighted by atomic mass is 9.97. The van der Waals surface area contributed by atoms with E-state index in [1.165, 1.54) is 25.9 Å². The summed E-state index contributed by atoms with van der Waals surface area (Å²) in [6, 6.07) is 0.697. The summed E-state index contributed by atoms with van der Waals surface area (Å²) >= 11 is 0. The fraction of sp³-hybridized carbons (Fsp3) is 1.00. The molecule has 2 N–H and O–H groups in total. The normalized spacial score (nSPS) is 24.2. The number of hydrogen-bond acceptors (Lipinski definition) is 2. The van der Waals surface area contributed by atoms with Gasteiger partial charge < -0.3 is 10.6 Å². The van der Waals surface area contributed by atoms with E-state index >= 15 is 0 Å². The molecule has 0 aromatic rings. The SMILES string of the molecule is CC1CCN(C(C)CCN)CC1. The smallest absolute Gasteiger partial charge is 0.00789 e. The molecule has 2 nitrogen and oxygen atoms in total. The third kappa shape index (κ3) is 2.76. The fourth-order valence-corrected chi connectivity index (χ4v) is 1.89. The van der Waals surface area contributed by atoms with Gasteiger partial charge in [0.05, 0.1) is 0 Å². The number of rotatable bonds is 3. The summed E-state index contributed by atoms with van der Waals surface area (Å²) in [6.45, 7) is 8.03. The quantitative estimate of drug-likeness (QED) is 0.694. The van der Waals surface area contributed by atoms with E-state index in [0.717, 1.165) is 18.9 Å². The third-order valence-electron chi connectivity index (χ3n) is 3.03. The first kappa shape index (κ1) is 10.0. The first-order valence-corrected chi connectivity index (χ1v) is 5.18. The highest BCUT2D eigenvalue weighted by Crippen LogP contribution is 2.18. The van der Waals surface area contributed by atoms with Crippen LogP contribution in [0.2, 0.25) is 0 Å². The Bertz CT molecular complexity index is 117. The summed E-state index contributed by atoms with van der Waals surface area (Å²) in [6.07, 6.45) is 3.89. The standard InChI is InChI=1S/C10H22N2/c1-9-4-7-12(8-5-9)10(2)3-6-11/h9-10H,3-8,11H2,1-2H3. The highest BCUT2D eigenvalue weighted by molar-refractivity contribution is 4.74. The maximum atomic E-state index is 5.54. The molecular weight excluding hydrogens is 148 g/mol. The molecule has 1 heterocycles. The molecule has 0 aromatic heterocycles. The van der Waals surface area contributed by atoms with E-state index in [2.05, 4.69) is 18.7 Å². The highest BCUT2D eigenvalue weighted by atomic mass is 15.2. The molecule has 1 saturated heterocycles. The van der Waals surface area contributed by atoms with E-state index < -0.39 is 0 Å². The Morgan fingerprint density at radius 1 is 1.42 bits per heavy atom. The van der Waals surface area contributed by atoms with Gasteiger partial charge in [-0.05, 0) is 51.7 Å². The van der Waals surface area contributed by atoms with Gasteiger partial charge in [0.25, 0.3) is 0 Å². The second-order valence-electron chi connectivity index (χ2n) is 4.14. The fourth-order valence-electron chi connectivity index (χ4n) is 1.89. The molecule has 0 spiro atoms. The lowest BCUT2D eigenvalue weighted by Gasteiger charge is -2.34. The molecule has 0 aromatic carbocycles. The lowest BCUT2D eigenvalue weighted by molar-refractivity contribution is 0.142. The third-order valence-corrected chi connectivity index (χ3v) is 3.03. The van der Waals surface area contributed by atoms with E-state index in [1.54, 1.807) is 0 Å². The van der Waals surface area contributed by atoms with Crippen LogP contribution in [0.1, 0.15) is 33.1 Å². The van der Waals surface area contributed by atoms with E-state index in [9.17, 15) is 0 Å². The molecule has 0 aliphatic carbocycles. The van der Waals surface area contributed by atoms with Crippen molar-refractivity contribution >= 4 is 0 Å². The summed E-state index contributed by atoms with van der Waals surface area (Å²) in [5.74, 6) is 0.936. The van der Waals surface area contributed by atoms with Gasteiger partial charge in [-0.2, -0.15) is 0 Å². The van der Waals surface area contributed by atoms with Gasteiger partial charge in [0.15, 0.2) is 0 Å². The summed E-state index contributed by atoms with van der Waals surface area (Å²) in [5, 5.41) is 0. The van der Waals surface area contributed by atoms with Crippen LogP contribution in [-0.2, 0) is 0 Å². The van der Waals surface area contributed by atoms with Gasteiger partial charge in [-0.3, -0.25) is 0 Å². The lowest BCUT2D eigenvalue weighted by Crippen LogP contribution is -2.40. The maximum Gasteiger partial charge on any atom is 0.00789 e. The highest BCUT2D eigenvalue weighted by Gasteiger charge is 2.19. The first-order valence-electron chi connectivity index (χ1n) is 5.18. The molecule has 1 atom stereocenters. The van der Waals surface area contributed by atoms with Crippen LogP contribution >= 0.6 is 0 Å². The van der Waals surface area contributed by atoms with Crippen LogP contribution in [0.15, 0.2) is 0 Å². The van der Waals surface area contributed by atoms with Crippen LogP contribution in [0.25, 0.3) is 0 Å². The van der Waals surface area contributed by atoms with Crippen molar-refractivity contribution in [1.29, 1.82) is 0 Å². The van der Waals surface area contributed by atoms with Gasteiger partial charge in [-0.25, -0.2) is 0 Å². The first-order chi connectivity index (χ1) is 5.74. The van der Waals surface area contributed by atoms with Crippen LogP contribution in [-0.4, -0.2) is 30.6 Å². The van der Waals surface area contributed by atoms with E-state index in [0.29, 0.717) is 6.04 Å². The molecule has 1 unspecified atom stereocenters. The van der Waals surface area contributed by atoms with Crippen LogP contribution in [0.4, 0.5) is 0 Å². The monoisotopic (exact) mass is 170 g/mol. The van der Waals surface area contributed by atoms with E-state index in [4.69, 9.17) is 5.73 Å². The Kier molecular flexibility index (Phi) is 4.02. The van der Waals surface area contributed by atoms with Gasteiger partial charge in [-0.15, -0.1) is 0 Å². The van der Waals surface area contributed by atoms with Crippen LogP contribution in [0, 0.1) is 5.92 Å². The maximum absolute atomic E-state index is 5.54. The van der Waals surface area contributed by atoms with Crippen molar-refractivity contribution in [3.63, 3.8) is 0 Å². The van der Waals surface area contributed by atoms with Crippen molar-refractivity contribution in [3.05, 3.63) is 0 Å². The number of nitrogens with two attached hydrogens (primary N) is 1. The summed E-state index contributed by atoms with van der Waals surface area (Å²) in [7, 11) is 0. The van der Waals surface area contributed by atoms with Crippen LogP contribution < -0.4 is 5.73 Å². The molecule has 1 fully saturated rings. The van der Waals surface area contributed by atoms with Gasteiger partial charge in [0.2, 0.25) is 0 Å². The number of hydrogen-bond donors (Lipinski definition) is 1. The molecule has 1 aliphatic heterocycles. The number of likely N-dealkylation sites (tertiary alicyclic amines) is 1. The zero-order valence-electron chi connectivity index (χ0n) is 8.42. The second-order valence-corrected chi connectivity index (χ2v) is 4.14. The molecule has 72 valence electrons. The predicted octanol–water partition coefficient (Wildman–Crippen LogP) is 1.46. The molecule has 0 amide bonds. The average molecular weight is 170 g/mol. The van der Waals surface area contributed by atoms with Crippen molar-refractivity contribution in [1.82, 2.24) is 4.90 Å². The van der Waals surface area contributed by atoms with Crippen molar-refractivity contribution in [2.75, 3.05) is 19.6 Å². The van der Waals surface area contributed by atoms with Gasteiger partial charge in [0, 0.05) is 6.04 Å².